The second-order valence-electron chi connectivity index (χ2n) is 8.27. The number of carbonyl (C=O) groups is 2. The Labute approximate surface area is 168 Å². The fraction of sp³-hybridized carbons (Fsp3) is 0.545. The average molecular weight is 388 g/mol. The van der Waals surface area contributed by atoms with Crippen molar-refractivity contribution in [2.24, 2.45) is 12.5 Å². The summed E-state index contributed by atoms with van der Waals surface area (Å²) in [5.74, 6) is 0.655. The quantitative estimate of drug-likeness (QED) is 0.657. The van der Waals surface area contributed by atoms with Gasteiger partial charge in [0.1, 0.15) is 5.76 Å². The van der Waals surface area contributed by atoms with E-state index in [4.69, 9.17) is 4.42 Å². The second kappa shape index (κ2) is 9.62. The number of carbonyl (C=O) groups excluding carboxylic acids is 2. The monoisotopic (exact) mass is 387 g/mol. The summed E-state index contributed by atoms with van der Waals surface area (Å²) in [5, 5.41) is 0. The van der Waals surface area contributed by atoms with Crippen LogP contribution in [0.4, 0.5) is 0 Å². The molecule has 0 N–H and O–H groups in total. The molecular formula is C22H33N3O3. The number of rotatable bonds is 9. The molecule has 0 atom stereocenters. The highest BCUT2D eigenvalue weighted by Crippen LogP contribution is 2.19. The second-order valence-corrected chi connectivity index (χ2v) is 8.27. The van der Waals surface area contributed by atoms with Gasteiger partial charge in [-0.15, -0.1) is 0 Å². The maximum absolute atomic E-state index is 13.2. The van der Waals surface area contributed by atoms with Crippen LogP contribution in [0.15, 0.2) is 41.1 Å². The number of unbranched alkanes of at least 4 members (excludes halogenated alkanes) is 1. The molecule has 2 aromatic heterocycles. The summed E-state index contributed by atoms with van der Waals surface area (Å²) in [4.78, 5) is 29.5. The van der Waals surface area contributed by atoms with Gasteiger partial charge in [0.05, 0.1) is 25.9 Å². The molecule has 2 heterocycles. The Morgan fingerprint density at radius 2 is 1.86 bits per heavy atom. The van der Waals surface area contributed by atoms with Gasteiger partial charge in [0.2, 0.25) is 11.8 Å². The maximum Gasteiger partial charge on any atom is 0.242 e. The van der Waals surface area contributed by atoms with E-state index in [1.54, 1.807) is 16.1 Å². The number of hydrogen-bond acceptors (Lipinski definition) is 3. The van der Waals surface area contributed by atoms with Crippen LogP contribution in [0.25, 0.3) is 0 Å². The van der Waals surface area contributed by atoms with Gasteiger partial charge in [-0.3, -0.25) is 9.59 Å². The number of furan rings is 1. The summed E-state index contributed by atoms with van der Waals surface area (Å²) in [6.45, 7) is 9.28. The van der Waals surface area contributed by atoms with Crippen molar-refractivity contribution in [3.05, 3.63) is 48.2 Å². The van der Waals surface area contributed by atoms with Gasteiger partial charge in [-0.1, -0.05) is 34.1 Å². The molecular weight excluding hydrogens is 354 g/mol. The molecule has 0 spiro atoms. The number of hydrogen-bond donors (Lipinski definition) is 0. The van der Waals surface area contributed by atoms with Crippen LogP contribution in [-0.2, 0) is 29.7 Å². The molecule has 0 saturated carbocycles. The SMILES string of the molecule is CCCCN(CC(=O)N(Cc1ccco1)Cc1cccn1C)C(=O)C(C)(C)C. The van der Waals surface area contributed by atoms with E-state index in [0.29, 0.717) is 19.6 Å². The summed E-state index contributed by atoms with van der Waals surface area (Å²) in [5.41, 5.74) is 0.514. The molecule has 0 aromatic carbocycles. The van der Waals surface area contributed by atoms with Crippen LogP contribution in [-0.4, -0.2) is 39.3 Å². The zero-order chi connectivity index (χ0) is 20.7. The highest BCUT2D eigenvalue weighted by atomic mass is 16.3. The van der Waals surface area contributed by atoms with E-state index in [1.807, 2.05) is 62.8 Å². The van der Waals surface area contributed by atoms with Crippen LogP contribution in [0.3, 0.4) is 0 Å². The van der Waals surface area contributed by atoms with Crippen molar-refractivity contribution < 1.29 is 14.0 Å². The van der Waals surface area contributed by atoms with Gasteiger partial charge in [0.15, 0.2) is 0 Å². The summed E-state index contributed by atoms with van der Waals surface area (Å²) in [6, 6.07) is 7.64. The fourth-order valence-corrected chi connectivity index (χ4v) is 3.02. The van der Waals surface area contributed by atoms with Gasteiger partial charge in [0, 0.05) is 30.9 Å². The molecule has 0 aliphatic carbocycles. The van der Waals surface area contributed by atoms with Crippen LogP contribution < -0.4 is 0 Å². The predicted molar refractivity (Wildman–Crippen MR) is 109 cm³/mol. The highest BCUT2D eigenvalue weighted by molar-refractivity contribution is 5.87. The van der Waals surface area contributed by atoms with Crippen LogP contribution in [0.1, 0.15) is 52.0 Å². The Morgan fingerprint density at radius 1 is 1.11 bits per heavy atom. The molecule has 0 aliphatic rings. The van der Waals surface area contributed by atoms with Crippen molar-refractivity contribution >= 4 is 11.8 Å². The van der Waals surface area contributed by atoms with E-state index in [-0.39, 0.29) is 18.4 Å². The van der Waals surface area contributed by atoms with E-state index < -0.39 is 5.41 Å². The van der Waals surface area contributed by atoms with E-state index in [0.717, 1.165) is 24.3 Å². The number of aryl methyl sites for hydroxylation is 1. The Hall–Kier alpha value is -2.50. The van der Waals surface area contributed by atoms with Gasteiger partial charge < -0.3 is 18.8 Å². The minimum Gasteiger partial charge on any atom is -0.467 e. The molecule has 0 bridgehead atoms. The first-order valence-electron chi connectivity index (χ1n) is 9.92. The van der Waals surface area contributed by atoms with Crippen molar-refractivity contribution in [1.82, 2.24) is 14.4 Å². The van der Waals surface area contributed by atoms with Crippen LogP contribution >= 0.6 is 0 Å². The first-order chi connectivity index (χ1) is 13.2. The number of nitrogens with zero attached hydrogens (tertiary/aromatic N) is 3. The van der Waals surface area contributed by atoms with E-state index in [1.165, 1.54) is 0 Å². The normalized spacial score (nSPS) is 11.5. The van der Waals surface area contributed by atoms with E-state index in [9.17, 15) is 9.59 Å². The molecule has 6 nitrogen and oxygen atoms in total. The smallest absolute Gasteiger partial charge is 0.242 e. The largest absolute Gasteiger partial charge is 0.467 e. The van der Waals surface area contributed by atoms with Crippen molar-refractivity contribution in [2.45, 2.75) is 53.6 Å². The molecule has 0 saturated heterocycles. The van der Waals surface area contributed by atoms with Crippen LogP contribution in [0, 0.1) is 5.41 Å². The zero-order valence-corrected chi connectivity index (χ0v) is 17.8. The number of aromatic nitrogens is 1. The minimum atomic E-state index is -0.516. The summed E-state index contributed by atoms with van der Waals surface area (Å²) < 4.78 is 7.45. The minimum absolute atomic E-state index is 0.00566. The van der Waals surface area contributed by atoms with Crippen molar-refractivity contribution in [3.63, 3.8) is 0 Å². The lowest BCUT2D eigenvalue weighted by Crippen LogP contribution is -2.46. The molecule has 28 heavy (non-hydrogen) atoms. The third-order valence-corrected chi connectivity index (χ3v) is 4.72. The Kier molecular flexibility index (Phi) is 7.49. The van der Waals surface area contributed by atoms with Gasteiger partial charge in [0.25, 0.3) is 0 Å². The third-order valence-electron chi connectivity index (χ3n) is 4.72. The van der Waals surface area contributed by atoms with Gasteiger partial charge >= 0.3 is 0 Å². The third kappa shape index (κ3) is 6.01. The Morgan fingerprint density at radius 3 is 2.39 bits per heavy atom. The summed E-state index contributed by atoms with van der Waals surface area (Å²) in [6.07, 6.45) is 5.42. The molecule has 0 unspecified atom stereocenters. The van der Waals surface area contributed by atoms with Crippen molar-refractivity contribution in [1.29, 1.82) is 0 Å². The molecule has 0 fully saturated rings. The Bertz CT molecular complexity index is 756. The van der Waals surface area contributed by atoms with Crippen LogP contribution in [0.2, 0.25) is 0 Å². The maximum atomic E-state index is 13.2. The lowest BCUT2D eigenvalue weighted by molar-refractivity contribution is -0.146. The zero-order valence-electron chi connectivity index (χ0n) is 17.8. The topological polar surface area (TPSA) is 58.7 Å². The molecule has 2 aromatic rings. The standard InChI is InChI=1S/C22H33N3O3/c1-6-7-13-24(21(27)22(2,3)4)17-20(26)25(16-19-11-9-14-28-19)15-18-10-8-12-23(18)5/h8-12,14H,6-7,13,15-17H2,1-5H3. The molecule has 6 heteroatoms. The van der Waals surface area contributed by atoms with Gasteiger partial charge in [-0.2, -0.15) is 0 Å². The fourth-order valence-electron chi connectivity index (χ4n) is 3.02. The molecule has 0 radical (unpaired) electrons. The van der Waals surface area contributed by atoms with Gasteiger partial charge in [-0.05, 0) is 30.7 Å². The number of amides is 2. The lowest BCUT2D eigenvalue weighted by atomic mass is 9.94. The van der Waals surface area contributed by atoms with Crippen molar-refractivity contribution in [3.8, 4) is 0 Å². The Balaban J connectivity index is 2.18. The lowest BCUT2D eigenvalue weighted by Gasteiger charge is -2.31. The van der Waals surface area contributed by atoms with E-state index in [2.05, 4.69) is 6.92 Å². The van der Waals surface area contributed by atoms with Gasteiger partial charge in [-0.25, -0.2) is 0 Å². The first-order valence-corrected chi connectivity index (χ1v) is 9.92. The molecule has 0 aliphatic heterocycles. The van der Waals surface area contributed by atoms with Crippen LogP contribution in [0.5, 0.6) is 0 Å². The predicted octanol–water partition coefficient (Wildman–Crippen LogP) is 3.82. The van der Waals surface area contributed by atoms with E-state index >= 15 is 0 Å². The molecule has 154 valence electrons. The first kappa shape index (κ1) is 21.8. The van der Waals surface area contributed by atoms with Crippen molar-refractivity contribution in [2.75, 3.05) is 13.1 Å². The highest BCUT2D eigenvalue weighted by Gasteiger charge is 2.29. The average Bonchev–Trinajstić information content (AvgIpc) is 3.28. The summed E-state index contributed by atoms with van der Waals surface area (Å²) >= 11 is 0. The molecule has 2 amide bonds. The summed E-state index contributed by atoms with van der Waals surface area (Å²) in [7, 11) is 1.96. The molecule has 2 rings (SSSR count).